The fourth-order valence-corrected chi connectivity index (χ4v) is 0.986. The molecule has 0 fully saturated rings. The lowest BCUT2D eigenvalue weighted by molar-refractivity contribution is 0.311. The van der Waals surface area contributed by atoms with Gasteiger partial charge in [-0.2, -0.15) is 0 Å². The van der Waals surface area contributed by atoms with Gasteiger partial charge in [-0.1, -0.05) is 20.8 Å². The van der Waals surface area contributed by atoms with Gasteiger partial charge in [0.05, 0.1) is 6.34 Å². The van der Waals surface area contributed by atoms with Gasteiger partial charge in [0.15, 0.2) is 0 Å². The van der Waals surface area contributed by atoms with E-state index in [1.807, 2.05) is 13.4 Å². The summed E-state index contributed by atoms with van der Waals surface area (Å²) in [5.74, 6) is 0. The number of nitrogens with zero attached hydrogens (tertiary/aromatic N) is 2. The van der Waals surface area contributed by atoms with E-state index in [2.05, 4.69) is 30.7 Å². The second-order valence-electron chi connectivity index (χ2n) is 3.85. The monoisotopic (exact) mass is 142 g/mol. The zero-order valence-corrected chi connectivity index (χ0v) is 7.68. The van der Waals surface area contributed by atoms with E-state index in [1.165, 1.54) is 0 Å². The van der Waals surface area contributed by atoms with Crippen LogP contribution in [0.1, 0.15) is 20.8 Å². The van der Waals surface area contributed by atoms with E-state index in [1.54, 1.807) is 7.05 Å². The predicted octanol–water partition coefficient (Wildman–Crippen LogP) is 1.62. The number of hydrogen-bond acceptors (Lipinski definition) is 1. The molecule has 0 aromatic carbocycles. The molecule has 0 saturated heterocycles. The zero-order valence-electron chi connectivity index (χ0n) is 7.68. The number of aliphatic imine (C=N–C) groups is 1. The first-order valence-electron chi connectivity index (χ1n) is 3.58. The van der Waals surface area contributed by atoms with Gasteiger partial charge >= 0.3 is 0 Å². The first-order valence-corrected chi connectivity index (χ1v) is 3.58. The molecule has 10 heavy (non-hydrogen) atoms. The summed E-state index contributed by atoms with van der Waals surface area (Å²) in [7, 11) is 3.83. The van der Waals surface area contributed by atoms with Gasteiger partial charge < -0.3 is 4.90 Å². The van der Waals surface area contributed by atoms with Gasteiger partial charge in [-0.15, -0.1) is 0 Å². The topological polar surface area (TPSA) is 15.6 Å². The molecular weight excluding hydrogens is 124 g/mol. The Hall–Kier alpha value is -0.530. The van der Waals surface area contributed by atoms with Gasteiger partial charge in [-0.25, -0.2) is 0 Å². The van der Waals surface area contributed by atoms with E-state index >= 15 is 0 Å². The predicted molar refractivity (Wildman–Crippen MR) is 46.5 cm³/mol. The molecule has 0 spiro atoms. The molecule has 0 amide bonds. The third-order valence-electron chi connectivity index (χ3n) is 1.04. The van der Waals surface area contributed by atoms with Crippen LogP contribution in [0.5, 0.6) is 0 Å². The summed E-state index contributed by atoms with van der Waals surface area (Å²) >= 11 is 0. The largest absolute Gasteiger partial charge is 0.366 e. The van der Waals surface area contributed by atoms with Gasteiger partial charge in [-0.05, 0) is 5.41 Å². The third kappa shape index (κ3) is 5.60. The molecule has 0 aromatic rings. The molecule has 0 aliphatic rings. The Morgan fingerprint density at radius 2 is 1.90 bits per heavy atom. The van der Waals surface area contributed by atoms with E-state index in [-0.39, 0.29) is 0 Å². The molecule has 0 saturated carbocycles. The molecular formula is C8H18N2. The highest BCUT2D eigenvalue weighted by atomic mass is 15.1. The van der Waals surface area contributed by atoms with Crippen LogP contribution in [0.15, 0.2) is 4.99 Å². The van der Waals surface area contributed by atoms with Crippen LogP contribution in [0.25, 0.3) is 0 Å². The third-order valence-corrected chi connectivity index (χ3v) is 1.04. The highest BCUT2D eigenvalue weighted by Crippen LogP contribution is 2.12. The van der Waals surface area contributed by atoms with Crippen molar-refractivity contribution in [2.45, 2.75) is 20.8 Å². The van der Waals surface area contributed by atoms with Crippen molar-refractivity contribution in [2.75, 3.05) is 20.6 Å². The lowest BCUT2D eigenvalue weighted by Gasteiger charge is -2.24. The SMILES string of the molecule is C/N=C/N(C)CC(C)(C)C. The smallest absolute Gasteiger partial charge is 0.0843 e. The minimum Gasteiger partial charge on any atom is -0.366 e. The van der Waals surface area contributed by atoms with E-state index in [0.717, 1.165) is 6.54 Å². The highest BCUT2D eigenvalue weighted by molar-refractivity contribution is 5.54. The van der Waals surface area contributed by atoms with E-state index in [4.69, 9.17) is 0 Å². The van der Waals surface area contributed by atoms with E-state index in [9.17, 15) is 0 Å². The molecule has 60 valence electrons. The zero-order chi connectivity index (χ0) is 8.20. The Labute approximate surface area is 63.9 Å². The minimum atomic E-state index is 0.357. The Kier molecular flexibility index (Phi) is 3.40. The molecule has 2 heteroatoms. The van der Waals surface area contributed by atoms with Crippen LogP contribution in [0.4, 0.5) is 0 Å². The van der Waals surface area contributed by atoms with Crippen molar-refractivity contribution in [1.82, 2.24) is 4.90 Å². The maximum absolute atomic E-state index is 3.92. The molecule has 0 N–H and O–H groups in total. The second-order valence-corrected chi connectivity index (χ2v) is 3.85. The van der Waals surface area contributed by atoms with Gasteiger partial charge in [0, 0.05) is 20.6 Å². The molecule has 0 aromatic heterocycles. The Bertz CT molecular complexity index is 111. The van der Waals surface area contributed by atoms with Crippen LogP contribution < -0.4 is 0 Å². The molecule has 0 rings (SSSR count). The lowest BCUT2D eigenvalue weighted by atomic mass is 9.97. The molecule has 0 bridgehead atoms. The van der Waals surface area contributed by atoms with Crippen LogP contribution in [0.3, 0.4) is 0 Å². The Morgan fingerprint density at radius 1 is 1.40 bits per heavy atom. The summed E-state index contributed by atoms with van der Waals surface area (Å²) in [4.78, 5) is 6.02. The maximum Gasteiger partial charge on any atom is 0.0843 e. The van der Waals surface area contributed by atoms with Crippen molar-refractivity contribution < 1.29 is 0 Å². The van der Waals surface area contributed by atoms with Crippen molar-refractivity contribution in [3.63, 3.8) is 0 Å². The van der Waals surface area contributed by atoms with Gasteiger partial charge in [0.25, 0.3) is 0 Å². The summed E-state index contributed by atoms with van der Waals surface area (Å²) in [6.07, 6.45) is 1.85. The van der Waals surface area contributed by atoms with E-state index in [0.29, 0.717) is 5.41 Å². The quantitative estimate of drug-likeness (QED) is 0.422. The summed E-state index contributed by atoms with van der Waals surface area (Å²) in [6, 6.07) is 0. The van der Waals surface area contributed by atoms with Gasteiger partial charge in [-0.3, -0.25) is 4.99 Å². The van der Waals surface area contributed by atoms with Crippen LogP contribution in [0.2, 0.25) is 0 Å². The van der Waals surface area contributed by atoms with Crippen molar-refractivity contribution in [1.29, 1.82) is 0 Å². The molecule has 2 nitrogen and oxygen atoms in total. The molecule has 0 aliphatic heterocycles. The summed E-state index contributed by atoms with van der Waals surface area (Å²) in [5, 5.41) is 0. The van der Waals surface area contributed by atoms with Gasteiger partial charge in [0.2, 0.25) is 0 Å². The molecule has 0 atom stereocenters. The standard InChI is InChI=1S/C8H18N2/c1-8(2,3)6-10(5)7-9-4/h7H,6H2,1-5H3/b9-7+. The van der Waals surface area contributed by atoms with Crippen molar-refractivity contribution >= 4 is 6.34 Å². The molecule has 0 radical (unpaired) electrons. The number of rotatable bonds is 2. The summed E-state index contributed by atoms with van der Waals surface area (Å²) in [6.45, 7) is 7.69. The first-order chi connectivity index (χ1) is 4.45. The minimum absolute atomic E-state index is 0.357. The van der Waals surface area contributed by atoms with Crippen LogP contribution in [0, 0.1) is 5.41 Å². The fraction of sp³-hybridized carbons (Fsp3) is 0.875. The molecule has 0 unspecified atom stereocenters. The average molecular weight is 142 g/mol. The van der Waals surface area contributed by atoms with Crippen molar-refractivity contribution in [3.05, 3.63) is 0 Å². The van der Waals surface area contributed by atoms with Crippen molar-refractivity contribution in [3.8, 4) is 0 Å². The van der Waals surface area contributed by atoms with Crippen molar-refractivity contribution in [2.24, 2.45) is 10.4 Å². The van der Waals surface area contributed by atoms with Crippen LogP contribution >= 0.6 is 0 Å². The fourth-order valence-electron chi connectivity index (χ4n) is 0.986. The highest BCUT2D eigenvalue weighted by Gasteiger charge is 2.10. The Morgan fingerprint density at radius 3 is 2.20 bits per heavy atom. The van der Waals surface area contributed by atoms with Gasteiger partial charge in [0.1, 0.15) is 0 Å². The molecule has 0 aliphatic carbocycles. The van der Waals surface area contributed by atoms with Crippen LogP contribution in [-0.2, 0) is 0 Å². The van der Waals surface area contributed by atoms with E-state index < -0.39 is 0 Å². The Balaban J connectivity index is 3.68. The lowest BCUT2D eigenvalue weighted by Crippen LogP contribution is -2.27. The summed E-state index contributed by atoms with van der Waals surface area (Å²) < 4.78 is 0. The molecule has 0 heterocycles. The average Bonchev–Trinajstić information content (AvgIpc) is 1.59. The summed E-state index contributed by atoms with van der Waals surface area (Å²) in [5.41, 5.74) is 0.357. The second kappa shape index (κ2) is 3.59. The number of hydrogen-bond donors (Lipinski definition) is 0. The van der Waals surface area contributed by atoms with Crippen LogP contribution in [-0.4, -0.2) is 31.9 Å². The first kappa shape index (κ1) is 9.47. The maximum atomic E-state index is 3.92. The normalized spacial score (nSPS) is 12.5.